The maximum Gasteiger partial charge on any atom is 0.247 e. The monoisotopic (exact) mass is 523 g/mol. The molecule has 5 rings (SSSR count). The van der Waals surface area contributed by atoms with Gasteiger partial charge in [0.05, 0.1) is 24.9 Å². The Hall–Kier alpha value is -4.92. The molecule has 0 spiro atoms. The Morgan fingerprint density at radius 2 is 1.74 bits per heavy atom. The normalized spacial score (nSPS) is 11.7. The maximum atomic E-state index is 14.0. The van der Waals surface area contributed by atoms with Gasteiger partial charge in [-0.25, -0.2) is 4.68 Å². The molecule has 0 saturated heterocycles. The van der Waals surface area contributed by atoms with Crippen LogP contribution in [0, 0.1) is 0 Å². The summed E-state index contributed by atoms with van der Waals surface area (Å²) in [6.45, 7) is 2.56. The maximum absolute atomic E-state index is 14.0. The second kappa shape index (κ2) is 12.1. The highest BCUT2D eigenvalue weighted by Gasteiger charge is 2.34. The van der Waals surface area contributed by atoms with E-state index in [1.54, 1.807) is 29.1 Å². The fourth-order valence-corrected chi connectivity index (χ4v) is 4.47. The van der Waals surface area contributed by atoms with E-state index in [-0.39, 0.29) is 24.9 Å². The van der Waals surface area contributed by atoms with E-state index >= 15 is 0 Å². The van der Waals surface area contributed by atoms with Gasteiger partial charge in [0.25, 0.3) is 0 Å². The molecule has 0 radical (unpaired) electrons. The number of hydrogen-bond donors (Lipinski definition) is 1. The molecule has 2 aromatic heterocycles. The number of hydrogen-bond acceptors (Lipinski definition) is 6. The Bertz CT molecular complexity index is 1530. The SMILES string of the molecule is CCOc1ccccc1[C@@H](C(=O)NCc1ccccc1)N(Cc1ccco1)C(=O)Cn1nnc2ccccc21. The smallest absolute Gasteiger partial charge is 0.247 e. The molecule has 0 saturated carbocycles. The highest BCUT2D eigenvalue weighted by atomic mass is 16.5. The van der Waals surface area contributed by atoms with Crippen molar-refractivity contribution < 1.29 is 18.7 Å². The molecule has 0 fully saturated rings. The third-order valence-electron chi connectivity index (χ3n) is 6.31. The predicted molar refractivity (Wildman–Crippen MR) is 145 cm³/mol. The van der Waals surface area contributed by atoms with Gasteiger partial charge in [0.1, 0.15) is 29.6 Å². The molecule has 39 heavy (non-hydrogen) atoms. The summed E-state index contributed by atoms with van der Waals surface area (Å²) in [6, 6.07) is 26.9. The van der Waals surface area contributed by atoms with E-state index < -0.39 is 6.04 Å². The van der Waals surface area contributed by atoms with Crippen molar-refractivity contribution in [2.75, 3.05) is 6.61 Å². The molecular weight excluding hydrogens is 494 g/mol. The molecule has 198 valence electrons. The zero-order chi connectivity index (χ0) is 27.0. The lowest BCUT2D eigenvalue weighted by molar-refractivity contribution is -0.142. The third-order valence-corrected chi connectivity index (χ3v) is 6.31. The fraction of sp³-hybridized carbons (Fsp3) is 0.200. The molecule has 0 aliphatic rings. The topological polar surface area (TPSA) is 102 Å². The van der Waals surface area contributed by atoms with Gasteiger partial charge in [0.15, 0.2) is 0 Å². The number of rotatable bonds is 11. The number of nitrogens with one attached hydrogen (secondary N) is 1. The minimum Gasteiger partial charge on any atom is -0.494 e. The van der Waals surface area contributed by atoms with E-state index in [4.69, 9.17) is 9.15 Å². The summed E-state index contributed by atoms with van der Waals surface area (Å²) in [7, 11) is 0. The minimum atomic E-state index is -0.996. The van der Waals surface area contributed by atoms with E-state index in [0.717, 1.165) is 11.1 Å². The van der Waals surface area contributed by atoms with Crippen LogP contribution in [-0.4, -0.2) is 38.3 Å². The van der Waals surface area contributed by atoms with Crippen LogP contribution in [0.5, 0.6) is 5.75 Å². The Morgan fingerprint density at radius 1 is 0.974 bits per heavy atom. The molecule has 0 aliphatic carbocycles. The number of furan rings is 1. The third kappa shape index (κ3) is 5.98. The Balaban J connectivity index is 1.53. The second-order valence-corrected chi connectivity index (χ2v) is 8.91. The standard InChI is InChI=1S/C30H29N5O4/c1-2-38-27-17-9-6-14-24(27)29(30(37)31-19-22-11-4-3-5-12-22)34(20-23-13-10-18-39-23)28(36)21-35-26-16-8-7-15-25(26)32-33-35/h3-18,29H,2,19-21H2,1H3,(H,31,37)/t29-/m0/s1. The van der Waals surface area contributed by atoms with Gasteiger partial charge in [-0.2, -0.15) is 0 Å². The van der Waals surface area contributed by atoms with Crippen molar-refractivity contribution in [2.24, 2.45) is 0 Å². The lowest BCUT2D eigenvalue weighted by atomic mass is 10.0. The largest absolute Gasteiger partial charge is 0.494 e. The number of amides is 2. The number of fused-ring (bicyclic) bond motifs is 1. The predicted octanol–water partition coefficient (Wildman–Crippen LogP) is 4.51. The first-order chi connectivity index (χ1) is 19.1. The quantitative estimate of drug-likeness (QED) is 0.273. The van der Waals surface area contributed by atoms with Crippen LogP contribution in [0.4, 0.5) is 0 Å². The number of carbonyl (C=O) groups excluding carboxylic acids is 2. The van der Waals surface area contributed by atoms with Crippen LogP contribution in [0.2, 0.25) is 0 Å². The van der Waals surface area contributed by atoms with Gasteiger partial charge in [0.2, 0.25) is 11.8 Å². The van der Waals surface area contributed by atoms with Crippen LogP contribution < -0.4 is 10.1 Å². The van der Waals surface area contributed by atoms with Crippen LogP contribution in [0.1, 0.15) is 29.9 Å². The van der Waals surface area contributed by atoms with Gasteiger partial charge in [-0.05, 0) is 42.8 Å². The fourth-order valence-electron chi connectivity index (χ4n) is 4.47. The number of nitrogens with zero attached hydrogens (tertiary/aromatic N) is 4. The van der Waals surface area contributed by atoms with E-state index in [0.29, 0.717) is 35.7 Å². The number of para-hydroxylation sites is 2. The van der Waals surface area contributed by atoms with E-state index in [9.17, 15) is 9.59 Å². The molecule has 1 N–H and O–H groups in total. The average Bonchev–Trinajstić information content (AvgIpc) is 3.63. The van der Waals surface area contributed by atoms with E-state index in [2.05, 4.69) is 15.6 Å². The molecule has 0 aliphatic heterocycles. The van der Waals surface area contributed by atoms with Gasteiger partial charge >= 0.3 is 0 Å². The van der Waals surface area contributed by atoms with Crippen LogP contribution >= 0.6 is 0 Å². The van der Waals surface area contributed by atoms with Crippen molar-refractivity contribution in [2.45, 2.75) is 32.6 Å². The molecule has 2 amide bonds. The van der Waals surface area contributed by atoms with Crippen LogP contribution in [-0.2, 0) is 29.2 Å². The first-order valence-electron chi connectivity index (χ1n) is 12.8. The molecule has 5 aromatic rings. The zero-order valence-electron chi connectivity index (χ0n) is 21.6. The zero-order valence-corrected chi connectivity index (χ0v) is 21.6. The number of carbonyl (C=O) groups is 2. The van der Waals surface area contributed by atoms with Crippen molar-refractivity contribution in [1.82, 2.24) is 25.2 Å². The summed E-state index contributed by atoms with van der Waals surface area (Å²) >= 11 is 0. The van der Waals surface area contributed by atoms with Crippen molar-refractivity contribution in [1.29, 1.82) is 0 Å². The highest BCUT2D eigenvalue weighted by Crippen LogP contribution is 2.32. The Labute approximate surface area is 226 Å². The first-order valence-corrected chi connectivity index (χ1v) is 12.8. The number of benzene rings is 3. The first kappa shape index (κ1) is 25.7. The summed E-state index contributed by atoms with van der Waals surface area (Å²) in [5.41, 5.74) is 2.93. The van der Waals surface area contributed by atoms with Crippen LogP contribution in [0.3, 0.4) is 0 Å². The van der Waals surface area contributed by atoms with Crippen LogP contribution in [0.15, 0.2) is 102 Å². The summed E-state index contributed by atoms with van der Waals surface area (Å²) in [5, 5.41) is 11.4. The summed E-state index contributed by atoms with van der Waals surface area (Å²) < 4.78 is 13.0. The lowest BCUT2D eigenvalue weighted by Gasteiger charge is -2.31. The van der Waals surface area contributed by atoms with Gasteiger partial charge < -0.3 is 19.4 Å². The van der Waals surface area contributed by atoms with Crippen LogP contribution in [0.25, 0.3) is 11.0 Å². The second-order valence-electron chi connectivity index (χ2n) is 8.91. The molecule has 1 atom stereocenters. The molecule has 3 aromatic carbocycles. The van der Waals surface area contributed by atoms with Crippen molar-refractivity contribution in [3.63, 3.8) is 0 Å². The van der Waals surface area contributed by atoms with Gasteiger partial charge in [-0.3, -0.25) is 9.59 Å². The molecule has 9 nitrogen and oxygen atoms in total. The van der Waals surface area contributed by atoms with Gasteiger partial charge in [-0.1, -0.05) is 65.9 Å². The van der Waals surface area contributed by atoms with Crippen molar-refractivity contribution >= 4 is 22.8 Å². The molecule has 9 heteroatoms. The van der Waals surface area contributed by atoms with Crippen molar-refractivity contribution in [3.8, 4) is 5.75 Å². The summed E-state index contributed by atoms with van der Waals surface area (Å²) in [5.74, 6) is 0.410. The lowest BCUT2D eigenvalue weighted by Crippen LogP contribution is -2.44. The number of ether oxygens (including phenoxy) is 1. The van der Waals surface area contributed by atoms with Crippen molar-refractivity contribution in [3.05, 3.63) is 114 Å². The van der Waals surface area contributed by atoms with Gasteiger partial charge in [-0.15, -0.1) is 5.10 Å². The van der Waals surface area contributed by atoms with E-state index in [1.165, 1.54) is 4.90 Å². The Kier molecular flexibility index (Phi) is 7.97. The Morgan fingerprint density at radius 3 is 2.54 bits per heavy atom. The summed E-state index contributed by atoms with van der Waals surface area (Å²) in [6.07, 6.45) is 1.54. The summed E-state index contributed by atoms with van der Waals surface area (Å²) in [4.78, 5) is 29.5. The van der Waals surface area contributed by atoms with E-state index in [1.807, 2.05) is 79.7 Å². The number of aromatic nitrogens is 3. The molecule has 0 bridgehead atoms. The average molecular weight is 524 g/mol. The molecule has 2 heterocycles. The molecule has 0 unspecified atom stereocenters. The molecular formula is C30H29N5O4. The highest BCUT2D eigenvalue weighted by molar-refractivity contribution is 5.89. The van der Waals surface area contributed by atoms with Gasteiger partial charge in [0, 0.05) is 12.1 Å². The minimum absolute atomic E-state index is 0.0718.